The zero-order valence-corrected chi connectivity index (χ0v) is 13.1. The molecule has 1 heterocycles. The van der Waals surface area contributed by atoms with Gasteiger partial charge >= 0.3 is 0 Å². The molecule has 0 aromatic rings. The highest BCUT2D eigenvalue weighted by Gasteiger charge is 2.50. The van der Waals surface area contributed by atoms with Crippen molar-refractivity contribution in [1.82, 2.24) is 4.90 Å². The van der Waals surface area contributed by atoms with Gasteiger partial charge in [0.1, 0.15) is 0 Å². The second-order valence-electron chi connectivity index (χ2n) is 7.39. The minimum Gasteiger partial charge on any atom is -0.299 e. The molecule has 110 valence electrons. The van der Waals surface area contributed by atoms with Gasteiger partial charge in [-0.1, -0.05) is 37.3 Å². The molecule has 20 heavy (non-hydrogen) atoms. The van der Waals surface area contributed by atoms with Crippen LogP contribution in [-0.4, -0.2) is 24.0 Å². The van der Waals surface area contributed by atoms with E-state index in [0.29, 0.717) is 17.4 Å². The first-order valence-corrected chi connectivity index (χ1v) is 8.32. The molecule has 1 heteroatoms. The Bertz CT molecular complexity index is 407. The van der Waals surface area contributed by atoms with Crippen LogP contribution in [-0.2, 0) is 0 Å². The van der Waals surface area contributed by atoms with Gasteiger partial charge in [-0.3, -0.25) is 4.90 Å². The Morgan fingerprint density at radius 1 is 1.15 bits per heavy atom. The highest BCUT2D eigenvalue weighted by molar-refractivity contribution is 5.12. The lowest BCUT2D eigenvalue weighted by atomic mass is 9.63. The van der Waals surface area contributed by atoms with Crippen LogP contribution in [0.4, 0.5) is 0 Å². The number of nitrogens with zero attached hydrogens (tertiary/aromatic N) is 1. The van der Waals surface area contributed by atoms with Crippen molar-refractivity contribution in [3.8, 4) is 0 Å². The van der Waals surface area contributed by atoms with Gasteiger partial charge < -0.3 is 0 Å². The molecule has 0 N–H and O–H groups in total. The number of rotatable bonds is 2. The summed E-state index contributed by atoms with van der Waals surface area (Å²) < 4.78 is 0. The van der Waals surface area contributed by atoms with Crippen LogP contribution in [0.15, 0.2) is 37.0 Å². The highest BCUT2D eigenvalue weighted by atomic mass is 15.2. The van der Waals surface area contributed by atoms with E-state index in [1.54, 1.807) is 0 Å². The molecule has 3 aliphatic rings. The van der Waals surface area contributed by atoms with E-state index in [2.05, 4.69) is 55.8 Å². The van der Waals surface area contributed by atoms with Crippen LogP contribution in [0.5, 0.6) is 0 Å². The maximum absolute atomic E-state index is 4.16. The van der Waals surface area contributed by atoms with Crippen molar-refractivity contribution in [3.05, 3.63) is 37.0 Å². The lowest BCUT2D eigenvalue weighted by Crippen LogP contribution is -2.56. The fourth-order valence-corrected chi connectivity index (χ4v) is 4.91. The summed E-state index contributed by atoms with van der Waals surface area (Å²) in [6.45, 7) is 6.67. The Kier molecular flexibility index (Phi) is 3.90. The number of fused-ring (bicyclic) bond motifs is 1. The number of hydrogen-bond acceptors (Lipinski definition) is 1. The summed E-state index contributed by atoms with van der Waals surface area (Å²) in [6.07, 6.45) is 19.3. The van der Waals surface area contributed by atoms with Crippen LogP contribution >= 0.6 is 0 Å². The molecule has 1 saturated carbocycles. The van der Waals surface area contributed by atoms with Gasteiger partial charge in [0.25, 0.3) is 0 Å². The Morgan fingerprint density at radius 3 is 2.35 bits per heavy atom. The van der Waals surface area contributed by atoms with Gasteiger partial charge in [0.05, 0.1) is 0 Å². The first kappa shape index (κ1) is 14.1. The third-order valence-corrected chi connectivity index (χ3v) is 6.29. The van der Waals surface area contributed by atoms with Crippen LogP contribution < -0.4 is 0 Å². The van der Waals surface area contributed by atoms with Crippen molar-refractivity contribution in [2.45, 2.75) is 57.5 Å². The number of hydrogen-bond donors (Lipinski definition) is 0. The SMILES string of the molecule is C=C[C@@H]1CCC2(C)CCC2N(C)[C@H]1C1CC=CC=CC1. The smallest absolute Gasteiger partial charge is 0.0192 e. The third kappa shape index (κ3) is 2.30. The molecule has 0 radical (unpaired) electrons. The standard InChI is InChI=1S/C19H29N/c1-4-15-11-13-19(2)14-12-17(19)20(3)18(15)16-9-7-5-6-8-10-16/h4-8,15-18H,1,9-14H2,2-3H3/t15-,17?,18-,19?/m1/s1. The maximum Gasteiger partial charge on any atom is 0.0192 e. The van der Waals surface area contributed by atoms with Gasteiger partial charge in [-0.05, 0) is 62.8 Å². The van der Waals surface area contributed by atoms with Crippen molar-refractivity contribution < 1.29 is 0 Å². The largest absolute Gasteiger partial charge is 0.299 e. The molecule has 2 fully saturated rings. The molecule has 0 amide bonds. The fraction of sp³-hybridized carbons (Fsp3) is 0.684. The average Bonchev–Trinajstić information content (AvgIpc) is 2.72. The second kappa shape index (κ2) is 5.52. The van der Waals surface area contributed by atoms with Crippen molar-refractivity contribution in [3.63, 3.8) is 0 Å². The van der Waals surface area contributed by atoms with Gasteiger partial charge in [0.15, 0.2) is 0 Å². The summed E-state index contributed by atoms with van der Waals surface area (Å²) in [6, 6.07) is 1.47. The van der Waals surface area contributed by atoms with E-state index in [9.17, 15) is 0 Å². The highest BCUT2D eigenvalue weighted by Crippen LogP contribution is 2.52. The van der Waals surface area contributed by atoms with Gasteiger partial charge in [0.2, 0.25) is 0 Å². The van der Waals surface area contributed by atoms with Crippen LogP contribution in [0.25, 0.3) is 0 Å². The summed E-state index contributed by atoms with van der Waals surface area (Å²) >= 11 is 0. The van der Waals surface area contributed by atoms with E-state index >= 15 is 0 Å². The zero-order valence-electron chi connectivity index (χ0n) is 13.1. The summed E-state index contributed by atoms with van der Waals surface area (Å²) in [5.74, 6) is 1.41. The molecule has 1 saturated heterocycles. The Balaban J connectivity index is 1.86. The quantitative estimate of drug-likeness (QED) is 0.665. The fourth-order valence-electron chi connectivity index (χ4n) is 4.91. The molecule has 0 bridgehead atoms. The van der Waals surface area contributed by atoms with Crippen LogP contribution in [0.2, 0.25) is 0 Å². The summed E-state index contributed by atoms with van der Waals surface area (Å²) in [5, 5.41) is 0. The van der Waals surface area contributed by atoms with Gasteiger partial charge in [0, 0.05) is 12.1 Å². The van der Waals surface area contributed by atoms with Gasteiger partial charge in [-0.25, -0.2) is 0 Å². The molecule has 1 nitrogen and oxygen atoms in total. The first-order valence-electron chi connectivity index (χ1n) is 8.32. The lowest BCUT2D eigenvalue weighted by Gasteiger charge is -2.53. The van der Waals surface area contributed by atoms with Gasteiger partial charge in [-0.15, -0.1) is 6.58 Å². The van der Waals surface area contributed by atoms with E-state index in [4.69, 9.17) is 0 Å². The molecule has 0 aromatic carbocycles. The first-order chi connectivity index (χ1) is 9.65. The maximum atomic E-state index is 4.16. The third-order valence-electron chi connectivity index (χ3n) is 6.29. The molecule has 4 atom stereocenters. The molecular formula is C19H29N. The molecule has 2 aliphatic carbocycles. The Hall–Kier alpha value is -0.820. The van der Waals surface area contributed by atoms with Crippen molar-refractivity contribution >= 4 is 0 Å². The summed E-state index contributed by atoms with van der Waals surface area (Å²) in [7, 11) is 2.38. The molecule has 2 unspecified atom stereocenters. The van der Waals surface area contributed by atoms with Crippen LogP contribution in [0.1, 0.15) is 45.4 Å². The second-order valence-corrected chi connectivity index (χ2v) is 7.39. The van der Waals surface area contributed by atoms with E-state index < -0.39 is 0 Å². The normalized spacial score (nSPS) is 42.4. The topological polar surface area (TPSA) is 3.24 Å². The zero-order chi connectivity index (χ0) is 14.2. The summed E-state index contributed by atoms with van der Waals surface area (Å²) in [4.78, 5) is 2.74. The minimum atomic E-state index is 0.571. The van der Waals surface area contributed by atoms with E-state index in [1.807, 2.05) is 0 Å². The van der Waals surface area contributed by atoms with Crippen LogP contribution in [0.3, 0.4) is 0 Å². The number of likely N-dealkylation sites (tertiary alicyclic amines) is 1. The van der Waals surface area contributed by atoms with E-state index in [0.717, 1.165) is 12.0 Å². The summed E-state index contributed by atoms with van der Waals surface area (Å²) in [5.41, 5.74) is 0.571. The number of allylic oxidation sites excluding steroid dienone is 4. The molecule has 0 aromatic heterocycles. The lowest BCUT2D eigenvalue weighted by molar-refractivity contribution is -0.0241. The molecule has 0 spiro atoms. The van der Waals surface area contributed by atoms with Crippen molar-refractivity contribution in [1.29, 1.82) is 0 Å². The predicted molar refractivity (Wildman–Crippen MR) is 86.6 cm³/mol. The predicted octanol–water partition coefficient (Wildman–Crippen LogP) is 4.57. The Morgan fingerprint density at radius 2 is 1.80 bits per heavy atom. The van der Waals surface area contributed by atoms with Crippen molar-refractivity contribution in [2.75, 3.05) is 7.05 Å². The van der Waals surface area contributed by atoms with Crippen LogP contribution in [0, 0.1) is 17.3 Å². The molecule has 3 rings (SSSR count). The minimum absolute atomic E-state index is 0.571. The van der Waals surface area contributed by atoms with E-state index in [-0.39, 0.29) is 0 Å². The van der Waals surface area contributed by atoms with Gasteiger partial charge in [-0.2, -0.15) is 0 Å². The molecule has 1 aliphatic heterocycles. The molecular weight excluding hydrogens is 242 g/mol. The Labute approximate surface area is 124 Å². The van der Waals surface area contributed by atoms with Crippen molar-refractivity contribution in [2.24, 2.45) is 17.3 Å². The average molecular weight is 271 g/mol. The van der Waals surface area contributed by atoms with E-state index in [1.165, 1.54) is 38.5 Å². The monoisotopic (exact) mass is 271 g/mol.